The Morgan fingerprint density at radius 1 is 0.812 bits per heavy atom. The minimum atomic E-state index is -1.44. The van der Waals surface area contributed by atoms with Crippen LogP contribution in [0.2, 0.25) is 0 Å². The number of carbonyl (C=O) groups excluding carboxylic acids is 8. The first-order chi connectivity index (χ1) is 33.0. The predicted molar refractivity (Wildman–Crippen MR) is 277 cm³/mol. The number of unbranched alkanes of at least 4 members (excludes halogenated alkanes) is 13. The minimum Gasteiger partial charge on any atom is -0.376 e. The van der Waals surface area contributed by atoms with E-state index in [2.05, 4.69) is 74.0 Å². The minimum absolute atomic E-state index is 0.0420. The second kappa shape index (κ2) is 37.9. The Morgan fingerprint density at radius 3 is 1.99 bits per heavy atom. The van der Waals surface area contributed by atoms with E-state index >= 15 is 0 Å². The van der Waals surface area contributed by atoms with E-state index in [1.54, 1.807) is 12.5 Å². The number of amides is 9. The summed E-state index contributed by atoms with van der Waals surface area (Å²) < 4.78 is 0. The second-order valence-corrected chi connectivity index (χ2v) is 19.2. The Balaban J connectivity index is 2.80. The van der Waals surface area contributed by atoms with Crippen molar-refractivity contribution < 1.29 is 38.4 Å². The van der Waals surface area contributed by atoms with Gasteiger partial charge in [-0.2, -0.15) is 0 Å². The number of urea groups is 1. The standard InChI is InChI=1S/C47H85N12O8PS/c1-32(2)29-37-42(63)53-30-33(3)54-38(31-68)43(64)51-26-28-69-27-24-36(44(65)57-35(22-23-39(48)60)45(66)59-47(67)58-37)56-41(62)34(4)55-40(61)21-19-17-15-13-11-9-7-8-10-12-14-16-18-20-25-52-46(49-5)50-6/h26,28,32,34-38,54H,3,7-25,27,29-31,68H2,1-2,4-6H3,(H2,48,60)(H,51,64)(H,53,63)(H,55,61)(H,56,62)(H,57,65)(H2,49,50,52)(H2,58,59,66,67)/b28-26-. The lowest BCUT2D eigenvalue weighted by molar-refractivity contribution is -0.133. The van der Waals surface area contributed by atoms with Crippen LogP contribution >= 0.6 is 21.0 Å². The maximum atomic E-state index is 13.8. The van der Waals surface area contributed by atoms with Crippen molar-refractivity contribution in [1.29, 1.82) is 0 Å². The summed E-state index contributed by atoms with van der Waals surface area (Å²) in [6.45, 7) is 9.98. The molecule has 0 saturated carbocycles. The highest BCUT2D eigenvalue weighted by molar-refractivity contribution is 8.02. The topological polar surface area (TPSA) is 295 Å². The zero-order chi connectivity index (χ0) is 51.4. The molecule has 0 aliphatic carbocycles. The number of rotatable bonds is 26. The summed E-state index contributed by atoms with van der Waals surface area (Å²) in [6.07, 6.45) is 17.7. The number of guanidine groups is 1. The Kier molecular flexibility index (Phi) is 34.1. The smallest absolute Gasteiger partial charge is 0.322 e. The molecule has 1 aliphatic heterocycles. The zero-order valence-corrected chi connectivity index (χ0v) is 43.8. The lowest BCUT2D eigenvalue weighted by Gasteiger charge is -2.25. The molecule has 0 aromatic rings. The van der Waals surface area contributed by atoms with Gasteiger partial charge in [0.15, 0.2) is 5.96 Å². The van der Waals surface area contributed by atoms with E-state index in [1.165, 1.54) is 82.7 Å². The van der Waals surface area contributed by atoms with Crippen LogP contribution < -0.4 is 58.9 Å². The molecule has 1 heterocycles. The summed E-state index contributed by atoms with van der Waals surface area (Å²) in [5.41, 5.74) is 5.71. The molecule has 0 saturated heterocycles. The molecule has 6 unspecified atom stereocenters. The van der Waals surface area contributed by atoms with Gasteiger partial charge >= 0.3 is 6.03 Å². The number of nitrogens with one attached hydrogen (secondary N) is 10. The normalized spacial score (nSPS) is 20.3. The van der Waals surface area contributed by atoms with Crippen LogP contribution in [0.4, 0.5) is 4.79 Å². The van der Waals surface area contributed by atoms with Crippen molar-refractivity contribution in [1.82, 2.24) is 53.2 Å². The highest BCUT2D eigenvalue weighted by atomic mass is 32.2. The van der Waals surface area contributed by atoms with E-state index in [0.717, 1.165) is 38.2 Å². The molecule has 1 rings (SSSR count). The molecule has 0 aromatic carbocycles. The molecule has 0 fully saturated rings. The molecule has 6 atom stereocenters. The summed E-state index contributed by atoms with van der Waals surface area (Å²) in [7, 11) is 6.10. The van der Waals surface area contributed by atoms with Gasteiger partial charge < -0.3 is 53.6 Å². The molecular formula is C47H85N12O8PS. The average molecular weight is 1010 g/mol. The third-order valence-electron chi connectivity index (χ3n) is 11.2. The molecule has 9 amide bonds. The van der Waals surface area contributed by atoms with Crippen molar-refractivity contribution in [2.75, 3.05) is 39.1 Å². The molecule has 0 bridgehead atoms. The number of aliphatic imine (C=N–C) groups is 1. The Morgan fingerprint density at radius 2 is 1.42 bits per heavy atom. The van der Waals surface area contributed by atoms with Crippen molar-refractivity contribution in [3.8, 4) is 0 Å². The van der Waals surface area contributed by atoms with Crippen molar-refractivity contribution in [2.45, 2.75) is 173 Å². The van der Waals surface area contributed by atoms with Crippen LogP contribution in [-0.2, 0) is 33.6 Å². The fraction of sp³-hybridized carbons (Fsp3) is 0.723. The van der Waals surface area contributed by atoms with Gasteiger partial charge in [0, 0.05) is 45.4 Å². The monoisotopic (exact) mass is 1010 g/mol. The highest BCUT2D eigenvalue weighted by Gasteiger charge is 2.31. The molecule has 1 aliphatic rings. The molecule has 69 heavy (non-hydrogen) atoms. The molecule has 392 valence electrons. The van der Waals surface area contributed by atoms with Crippen molar-refractivity contribution in [3.05, 3.63) is 23.9 Å². The quantitative estimate of drug-likeness (QED) is 0.0258. The molecule has 0 aromatic heterocycles. The first-order valence-corrected chi connectivity index (χ1v) is 26.5. The van der Waals surface area contributed by atoms with Gasteiger partial charge in [-0.15, -0.1) is 21.0 Å². The van der Waals surface area contributed by atoms with Crippen molar-refractivity contribution >= 4 is 74.3 Å². The summed E-state index contributed by atoms with van der Waals surface area (Å²) in [5.74, 6) is -3.38. The predicted octanol–water partition coefficient (Wildman–Crippen LogP) is 2.80. The maximum Gasteiger partial charge on any atom is 0.322 e. The summed E-state index contributed by atoms with van der Waals surface area (Å²) in [4.78, 5) is 109. The maximum absolute atomic E-state index is 13.8. The van der Waals surface area contributed by atoms with E-state index in [0.29, 0.717) is 18.3 Å². The van der Waals surface area contributed by atoms with Gasteiger partial charge in [0.05, 0.1) is 6.54 Å². The zero-order valence-electron chi connectivity index (χ0n) is 41.9. The lowest BCUT2D eigenvalue weighted by Crippen LogP contribution is -2.58. The first kappa shape index (κ1) is 62.1. The molecule has 20 nitrogen and oxygen atoms in total. The van der Waals surface area contributed by atoms with Crippen molar-refractivity contribution in [2.24, 2.45) is 16.6 Å². The first-order valence-electron chi connectivity index (χ1n) is 24.7. The van der Waals surface area contributed by atoms with Gasteiger partial charge in [0.25, 0.3) is 5.91 Å². The van der Waals surface area contributed by atoms with Crippen LogP contribution in [0.15, 0.2) is 28.9 Å². The van der Waals surface area contributed by atoms with Gasteiger partial charge in [-0.25, -0.2) is 4.79 Å². The van der Waals surface area contributed by atoms with E-state index in [1.807, 2.05) is 20.9 Å². The largest absolute Gasteiger partial charge is 0.376 e. The van der Waals surface area contributed by atoms with Crippen LogP contribution in [-0.4, -0.2) is 123 Å². The molecule has 12 N–H and O–H groups in total. The number of carbonyl (C=O) groups is 8. The molecule has 0 radical (unpaired) electrons. The number of primary amides is 1. The second-order valence-electron chi connectivity index (χ2n) is 17.7. The van der Waals surface area contributed by atoms with E-state index < -0.39 is 65.8 Å². The fourth-order valence-electron chi connectivity index (χ4n) is 7.25. The summed E-state index contributed by atoms with van der Waals surface area (Å²) in [5, 5.41) is 28.8. The SMILES string of the molecule is C=C1CNC(=O)C(CC(C)C)NC(=O)NC(=O)C(CCC(N)=O)NC(=O)C(NC(=O)C(C)NC(=O)CCCCCCCCCCCCCCCCNC(=NC)NC)CCS/C=C\NC(=O)C(CP)N1. The number of thioether (sulfide) groups is 1. The lowest BCUT2D eigenvalue weighted by atomic mass is 10.0. The van der Waals surface area contributed by atoms with Gasteiger partial charge in [-0.3, -0.25) is 43.9 Å². The Bertz CT molecular complexity index is 1690. The molecular weight excluding hydrogens is 924 g/mol. The Labute approximate surface area is 417 Å². The van der Waals surface area contributed by atoms with E-state index in [4.69, 9.17) is 5.73 Å². The highest BCUT2D eigenvalue weighted by Crippen LogP contribution is 2.14. The van der Waals surface area contributed by atoms with Crippen LogP contribution in [0.25, 0.3) is 0 Å². The Hall–Kier alpha value is -4.91. The van der Waals surface area contributed by atoms with E-state index in [-0.39, 0.29) is 62.1 Å². The number of hydrogen-bond acceptors (Lipinski definition) is 11. The van der Waals surface area contributed by atoms with Gasteiger partial charge in [-0.05, 0) is 62.3 Å². The van der Waals surface area contributed by atoms with Crippen LogP contribution in [0, 0.1) is 5.92 Å². The van der Waals surface area contributed by atoms with Crippen molar-refractivity contribution in [3.63, 3.8) is 0 Å². The number of hydrogen-bond donors (Lipinski definition) is 11. The van der Waals surface area contributed by atoms with Gasteiger partial charge in [0.1, 0.15) is 30.2 Å². The third kappa shape index (κ3) is 30.3. The molecule has 22 heteroatoms. The van der Waals surface area contributed by atoms with Gasteiger partial charge in [0.2, 0.25) is 35.4 Å². The number of imide groups is 1. The van der Waals surface area contributed by atoms with Crippen LogP contribution in [0.5, 0.6) is 0 Å². The summed E-state index contributed by atoms with van der Waals surface area (Å²) >= 11 is 1.23. The van der Waals surface area contributed by atoms with Gasteiger partial charge in [-0.1, -0.05) is 97.5 Å². The summed E-state index contributed by atoms with van der Waals surface area (Å²) in [6, 6.07) is -6.49. The number of nitrogens with two attached hydrogens (primary N) is 1. The average Bonchev–Trinajstić information content (AvgIpc) is 3.30. The third-order valence-corrected chi connectivity index (χ3v) is 12.5. The van der Waals surface area contributed by atoms with Crippen LogP contribution in [0.3, 0.4) is 0 Å². The van der Waals surface area contributed by atoms with E-state index in [9.17, 15) is 38.4 Å². The fourth-order valence-corrected chi connectivity index (χ4v) is 8.26. The van der Waals surface area contributed by atoms with Crippen LogP contribution in [0.1, 0.15) is 143 Å². The number of nitrogens with zero attached hydrogens (tertiary/aromatic N) is 1. The molecule has 0 spiro atoms.